The van der Waals surface area contributed by atoms with Crippen molar-refractivity contribution in [2.75, 3.05) is 19.0 Å². The van der Waals surface area contributed by atoms with Crippen LogP contribution in [0.3, 0.4) is 0 Å². The van der Waals surface area contributed by atoms with E-state index in [1.54, 1.807) is 13.2 Å². The standard InChI is InChI=1S/C22H26N2O3/c1-16-7-3-4-8-19(16)24-21(26)20(25)23-15-22(13-5-6-14-22)17-9-11-18(27-2)12-10-17/h3-4,7-12H,5-6,13-15H2,1-2H3,(H,23,25)(H,24,26). The van der Waals surface area contributed by atoms with Gasteiger partial charge in [0.15, 0.2) is 0 Å². The molecule has 0 saturated heterocycles. The Bertz CT molecular complexity index is 809. The lowest BCUT2D eigenvalue weighted by Gasteiger charge is -2.30. The Morgan fingerprint density at radius 1 is 1.00 bits per heavy atom. The molecule has 2 amide bonds. The monoisotopic (exact) mass is 366 g/mol. The van der Waals surface area contributed by atoms with Crippen LogP contribution in [0, 0.1) is 6.92 Å². The van der Waals surface area contributed by atoms with Crippen molar-refractivity contribution in [3.63, 3.8) is 0 Å². The van der Waals surface area contributed by atoms with Gasteiger partial charge in [-0.15, -0.1) is 0 Å². The van der Waals surface area contributed by atoms with Crippen LogP contribution in [0.15, 0.2) is 48.5 Å². The van der Waals surface area contributed by atoms with Crippen LogP contribution in [0.5, 0.6) is 5.75 Å². The zero-order chi connectivity index (χ0) is 19.3. The van der Waals surface area contributed by atoms with Gasteiger partial charge in [0.1, 0.15) is 5.75 Å². The molecule has 1 aliphatic rings. The average Bonchev–Trinajstić information content (AvgIpc) is 3.18. The zero-order valence-corrected chi connectivity index (χ0v) is 15.9. The van der Waals surface area contributed by atoms with Gasteiger partial charge in [-0.25, -0.2) is 0 Å². The van der Waals surface area contributed by atoms with Crippen LogP contribution < -0.4 is 15.4 Å². The molecule has 2 N–H and O–H groups in total. The number of para-hydroxylation sites is 1. The lowest BCUT2D eigenvalue weighted by molar-refractivity contribution is -0.136. The molecule has 0 radical (unpaired) electrons. The van der Waals surface area contributed by atoms with Crippen LogP contribution in [-0.2, 0) is 15.0 Å². The maximum absolute atomic E-state index is 12.3. The van der Waals surface area contributed by atoms with E-state index < -0.39 is 11.8 Å². The normalized spacial score (nSPS) is 15.2. The molecular formula is C22H26N2O3. The maximum atomic E-state index is 12.3. The van der Waals surface area contributed by atoms with Crippen molar-refractivity contribution in [1.82, 2.24) is 5.32 Å². The predicted molar refractivity (Wildman–Crippen MR) is 106 cm³/mol. The number of ether oxygens (including phenoxy) is 1. The minimum absolute atomic E-state index is 0.120. The van der Waals surface area contributed by atoms with Crippen molar-refractivity contribution in [3.8, 4) is 5.75 Å². The number of nitrogens with one attached hydrogen (secondary N) is 2. The number of benzene rings is 2. The van der Waals surface area contributed by atoms with Gasteiger partial charge < -0.3 is 15.4 Å². The van der Waals surface area contributed by atoms with Crippen LogP contribution in [-0.4, -0.2) is 25.5 Å². The number of amides is 2. The Hall–Kier alpha value is -2.82. The zero-order valence-electron chi connectivity index (χ0n) is 15.9. The van der Waals surface area contributed by atoms with Gasteiger partial charge in [0.25, 0.3) is 0 Å². The second-order valence-electron chi connectivity index (χ2n) is 7.17. The minimum Gasteiger partial charge on any atom is -0.497 e. The molecule has 1 fully saturated rings. The van der Waals surface area contributed by atoms with Crippen molar-refractivity contribution in [1.29, 1.82) is 0 Å². The summed E-state index contributed by atoms with van der Waals surface area (Å²) in [5, 5.41) is 5.53. The van der Waals surface area contributed by atoms with Crippen LogP contribution in [0.2, 0.25) is 0 Å². The van der Waals surface area contributed by atoms with Crippen molar-refractivity contribution in [2.45, 2.75) is 38.0 Å². The fraction of sp³-hybridized carbons (Fsp3) is 0.364. The van der Waals surface area contributed by atoms with Crippen LogP contribution >= 0.6 is 0 Å². The van der Waals surface area contributed by atoms with Gasteiger partial charge in [-0.2, -0.15) is 0 Å². The molecule has 5 nitrogen and oxygen atoms in total. The smallest absolute Gasteiger partial charge is 0.313 e. The van der Waals surface area contributed by atoms with Crippen LogP contribution in [0.4, 0.5) is 5.69 Å². The molecule has 3 rings (SSSR count). The summed E-state index contributed by atoms with van der Waals surface area (Å²) in [6, 6.07) is 15.4. The number of methoxy groups -OCH3 is 1. The Balaban J connectivity index is 1.66. The van der Waals surface area contributed by atoms with E-state index in [-0.39, 0.29) is 5.41 Å². The van der Waals surface area contributed by atoms with E-state index in [4.69, 9.17) is 4.74 Å². The van der Waals surface area contributed by atoms with Gasteiger partial charge in [0.05, 0.1) is 7.11 Å². The van der Waals surface area contributed by atoms with Crippen LogP contribution in [0.1, 0.15) is 36.8 Å². The largest absolute Gasteiger partial charge is 0.497 e. The second kappa shape index (κ2) is 8.25. The van der Waals surface area contributed by atoms with Gasteiger partial charge in [-0.3, -0.25) is 9.59 Å². The average molecular weight is 366 g/mol. The number of rotatable bonds is 5. The highest BCUT2D eigenvalue weighted by atomic mass is 16.5. The molecular weight excluding hydrogens is 340 g/mol. The lowest BCUT2D eigenvalue weighted by atomic mass is 9.78. The van der Waals surface area contributed by atoms with Gasteiger partial charge in [0.2, 0.25) is 0 Å². The fourth-order valence-corrected chi connectivity index (χ4v) is 3.79. The second-order valence-corrected chi connectivity index (χ2v) is 7.17. The molecule has 0 aliphatic heterocycles. The topological polar surface area (TPSA) is 67.4 Å². The summed E-state index contributed by atoms with van der Waals surface area (Å²) >= 11 is 0. The van der Waals surface area contributed by atoms with Crippen molar-refractivity contribution in [2.24, 2.45) is 0 Å². The number of aryl methyl sites for hydroxylation is 1. The third kappa shape index (κ3) is 4.30. The van der Waals surface area contributed by atoms with Crippen molar-refractivity contribution in [3.05, 3.63) is 59.7 Å². The Morgan fingerprint density at radius 2 is 1.67 bits per heavy atom. The van der Waals surface area contributed by atoms with E-state index in [0.29, 0.717) is 12.2 Å². The summed E-state index contributed by atoms with van der Waals surface area (Å²) < 4.78 is 5.24. The van der Waals surface area contributed by atoms with Gasteiger partial charge in [0, 0.05) is 17.6 Å². The predicted octanol–water partition coefficient (Wildman–Crippen LogP) is 3.57. The first kappa shape index (κ1) is 19.0. The van der Waals surface area contributed by atoms with E-state index in [2.05, 4.69) is 22.8 Å². The molecule has 1 aliphatic carbocycles. The SMILES string of the molecule is COc1ccc(C2(CNC(=O)C(=O)Nc3ccccc3C)CCCC2)cc1. The van der Waals surface area contributed by atoms with E-state index in [1.807, 2.05) is 37.3 Å². The molecule has 2 aromatic carbocycles. The molecule has 0 spiro atoms. The number of hydrogen-bond acceptors (Lipinski definition) is 3. The van der Waals surface area contributed by atoms with E-state index in [1.165, 1.54) is 5.56 Å². The molecule has 0 aromatic heterocycles. The summed E-state index contributed by atoms with van der Waals surface area (Å²) in [5.74, 6) is -0.418. The van der Waals surface area contributed by atoms with Crippen LogP contribution in [0.25, 0.3) is 0 Å². The first-order valence-corrected chi connectivity index (χ1v) is 9.33. The van der Waals surface area contributed by atoms with Gasteiger partial charge >= 0.3 is 11.8 Å². The number of carbonyl (C=O) groups excluding carboxylic acids is 2. The Kier molecular flexibility index (Phi) is 5.79. The highest BCUT2D eigenvalue weighted by Gasteiger charge is 2.36. The van der Waals surface area contributed by atoms with Crippen molar-refractivity contribution < 1.29 is 14.3 Å². The maximum Gasteiger partial charge on any atom is 0.313 e. The minimum atomic E-state index is -0.632. The number of carbonyl (C=O) groups is 2. The lowest BCUT2D eigenvalue weighted by Crippen LogP contribution is -2.43. The fourth-order valence-electron chi connectivity index (χ4n) is 3.79. The first-order valence-electron chi connectivity index (χ1n) is 9.33. The highest BCUT2D eigenvalue weighted by Crippen LogP contribution is 2.41. The summed E-state index contributed by atoms with van der Waals surface area (Å²) in [7, 11) is 1.65. The van der Waals surface area contributed by atoms with Gasteiger partial charge in [-0.05, 0) is 49.1 Å². The molecule has 5 heteroatoms. The highest BCUT2D eigenvalue weighted by molar-refractivity contribution is 6.39. The Labute approximate surface area is 160 Å². The molecule has 1 saturated carbocycles. The van der Waals surface area contributed by atoms with Crippen molar-refractivity contribution >= 4 is 17.5 Å². The van der Waals surface area contributed by atoms with E-state index in [0.717, 1.165) is 37.0 Å². The molecule has 0 heterocycles. The summed E-state index contributed by atoms with van der Waals surface area (Å²) in [6.45, 7) is 2.35. The summed E-state index contributed by atoms with van der Waals surface area (Å²) in [6.07, 6.45) is 4.24. The van der Waals surface area contributed by atoms with Gasteiger partial charge in [-0.1, -0.05) is 43.2 Å². The first-order chi connectivity index (χ1) is 13.0. The molecule has 142 valence electrons. The number of hydrogen-bond donors (Lipinski definition) is 2. The third-order valence-corrected chi connectivity index (χ3v) is 5.45. The molecule has 0 unspecified atom stereocenters. The summed E-state index contributed by atoms with van der Waals surface area (Å²) in [5.41, 5.74) is 2.64. The molecule has 2 aromatic rings. The molecule has 0 bridgehead atoms. The van der Waals surface area contributed by atoms with E-state index in [9.17, 15) is 9.59 Å². The summed E-state index contributed by atoms with van der Waals surface area (Å²) in [4.78, 5) is 24.6. The Morgan fingerprint density at radius 3 is 2.30 bits per heavy atom. The molecule has 27 heavy (non-hydrogen) atoms. The molecule has 0 atom stereocenters. The quantitative estimate of drug-likeness (QED) is 0.795. The van der Waals surface area contributed by atoms with E-state index >= 15 is 0 Å². The third-order valence-electron chi connectivity index (χ3n) is 5.45. The number of anilines is 1.